The lowest BCUT2D eigenvalue weighted by Gasteiger charge is -2.10. The van der Waals surface area contributed by atoms with Crippen LogP contribution in [0.3, 0.4) is 0 Å². The van der Waals surface area contributed by atoms with Gasteiger partial charge in [0.15, 0.2) is 0 Å². The molecule has 16 heavy (non-hydrogen) atoms. The van der Waals surface area contributed by atoms with E-state index in [-0.39, 0.29) is 5.91 Å². The van der Waals surface area contributed by atoms with E-state index in [0.717, 1.165) is 16.4 Å². The van der Waals surface area contributed by atoms with Crippen LogP contribution >= 0.6 is 0 Å². The van der Waals surface area contributed by atoms with Gasteiger partial charge in [-0.1, -0.05) is 12.1 Å². The Hall–Kier alpha value is -1.81. The maximum absolute atomic E-state index is 11.4. The van der Waals surface area contributed by atoms with Gasteiger partial charge in [-0.15, -0.1) is 0 Å². The summed E-state index contributed by atoms with van der Waals surface area (Å²) in [6.07, 6.45) is 3.15. The second kappa shape index (κ2) is 5.92. The van der Waals surface area contributed by atoms with Gasteiger partial charge in [-0.25, -0.2) is 5.06 Å². The molecule has 0 spiro atoms. The molecule has 0 saturated carbocycles. The van der Waals surface area contributed by atoms with Crippen molar-refractivity contribution in [2.45, 2.75) is 0 Å². The molecule has 4 heteroatoms. The molecule has 0 saturated heterocycles. The summed E-state index contributed by atoms with van der Waals surface area (Å²) < 4.78 is 5.08. The van der Waals surface area contributed by atoms with Gasteiger partial charge in [-0.05, 0) is 23.8 Å². The van der Waals surface area contributed by atoms with Gasteiger partial charge in [0.05, 0.1) is 14.2 Å². The van der Waals surface area contributed by atoms with Crippen LogP contribution in [0.1, 0.15) is 5.56 Å². The zero-order chi connectivity index (χ0) is 12.0. The molecular weight excluding hydrogens is 206 g/mol. The lowest BCUT2D eigenvalue weighted by Crippen LogP contribution is -2.22. The SMILES string of the molecule is COc1cccc(/C=C/C(=O)N(C)OC)c1. The number of hydrogen-bond donors (Lipinski definition) is 0. The highest BCUT2D eigenvalue weighted by atomic mass is 16.7. The topological polar surface area (TPSA) is 38.8 Å². The number of rotatable bonds is 4. The van der Waals surface area contributed by atoms with Crippen molar-refractivity contribution < 1.29 is 14.4 Å². The van der Waals surface area contributed by atoms with Crippen LogP contribution in [0.2, 0.25) is 0 Å². The molecule has 0 N–H and O–H groups in total. The number of ether oxygens (including phenoxy) is 1. The van der Waals surface area contributed by atoms with Crippen molar-refractivity contribution >= 4 is 12.0 Å². The number of hydrogen-bond acceptors (Lipinski definition) is 3. The van der Waals surface area contributed by atoms with Crippen molar-refractivity contribution in [2.24, 2.45) is 0 Å². The van der Waals surface area contributed by atoms with Crippen LogP contribution in [0.4, 0.5) is 0 Å². The molecule has 1 aromatic rings. The summed E-state index contributed by atoms with van der Waals surface area (Å²) in [4.78, 5) is 16.1. The van der Waals surface area contributed by atoms with Gasteiger partial charge in [-0.3, -0.25) is 9.63 Å². The highest BCUT2D eigenvalue weighted by molar-refractivity contribution is 5.90. The molecule has 0 aromatic heterocycles. The maximum Gasteiger partial charge on any atom is 0.269 e. The first-order chi connectivity index (χ1) is 7.67. The van der Waals surface area contributed by atoms with Crippen LogP contribution in [0.15, 0.2) is 30.3 Å². The van der Waals surface area contributed by atoms with Gasteiger partial charge in [-0.2, -0.15) is 0 Å². The fourth-order valence-electron chi connectivity index (χ4n) is 1.11. The number of amides is 1. The summed E-state index contributed by atoms with van der Waals surface area (Å²) in [6, 6.07) is 7.44. The van der Waals surface area contributed by atoms with E-state index in [0.29, 0.717) is 0 Å². The molecule has 1 aromatic carbocycles. The molecule has 86 valence electrons. The third-order valence-electron chi connectivity index (χ3n) is 2.10. The van der Waals surface area contributed by atoms with Crippen molar-refractivity contribution in [3.8, 4) is 5.75 Å². The second-order valence-electron chi connectivity index (χ2n) is 3.13. The van der Waals surface area contributed by atoms with E-state index in [1.165, 1.54) is 13.2 Å². The van der Waals surface area contributed by atoms with Crippen molar-refractivity contribution in [3.05, 3.63) is 35.9 Å². The van der Waals surface area contributed by atoms with E-state index in [1.54, 1.807) is 20.2 Å². The number of nitrogens with zero attached hydrogens (tertiary/aromatic N) is 1. The van der Waals surface area contributed by atoms with E-state index in [2.05, 4.69) is 0 Å². The molecule has 1 amide bonds. The molecule has 4 nitrogen and oxygen atoms in total. The van der Waals surface area contributed by atoms with Crippen LogP contribution < -0.4 is 4.74 Å². The Morgan fingerprint density at radius 3 is 2.75 bits per heavy atom. The summed E-state index contributed by atoms with van der Waals surface area (Å²) in [6.45, 7) is 0. The van der Waals surface area contributed by atoms with Crippen LogP contribution in [0, 0.1) is 0 Å². The number of carbonyl (C=O) groups excluding carboxylic acids is 1. The van der Waals surface area contributed by atoms with Gasteiger partial charge in [0.2, 0.25) is 0 Å². The van der Waals surface area contributed by atoms with Crippen molar-refractivity contribution in [1.29, 1.82) is 0 Å². The molecule has 0 atom stereocenters. The summed E-state index contributed by atoms with van der Waals surface area (Å²) in [5.41, 5.74) is 0.900. The lowest BCUT2D eigenvalue weighted by molar-refractivity contribution is -0.162. The average molecular weight is 221 g/mol. The minimum Gasteiger partial charge on any atom is -0.497 e. The first kappa shape index (κ1) is 12.3. The van der Waals surface area contributed by atoms with E-state index >= 15 is 0 Å². The maximum atomic E-state index is 11.4. The molecule has 0 radical (unpaired) electrons. The quantitative estimate of drug-likeness (QED) is 0.574. The van der Waals surface area contributed by atoms with Crippen LogP contribution in [-0.2, 0) is 9.63 Å². The normalized spacial score (nSPS) is 10.4. The molecule has 0 fully saturated rings. The van der Waals surface area contributed by atoms with E-state index in [4.69, 9.17) is 9.57 Å². The van der Waals surface area contributed by atoms with Gasteiger partial charge in [0.25, 0.3) is 5.91 Å². The average Bonchev–Trinajstić information content (AvgIpc) is 2.35. The molecule has 0 aliphatic carbocycles. The largest absolute Gasteiger partial charge is 0.497 e. The van der Waals surface area contributed by atoms with Crippen molar-refractivity contribution in [1.82, 2.24) is 5.06 Å². The van der Waals surface area contributed by atoms with Crippen LogP contribution in [-0.4, -0.2) is 32.2 Å². The van der Waals surface area contributed by atoms with Gasteiger partial charge in [0.1, 0.15) is 5.75 Å². The van der Waals surface area contributed by atoms with E-state index in [9.17, 15) is 4.79 Å². The lowest BCUT2D eigenvalue weighted by atomic mass is 10.2. The fraction of sp³-hybridized carbons (Fsp3) is 0.250. The Morgan fingerprint density at radius 1 is 1.38 bits per heavy atom. The summed E-state index contributed by atoms with van der Waals surface area (Å²) in [5.74, 6) is 0.542. The van der Waals surface area contributed by atoms with Crippen molar-refractivity contribution in [3.63, 3.8) is 0 Å². The molecular formula is C12H15NO3. The highest BCUT2D eigenvalue weighted by Crippen LogP contribution is 2.13. The third-order valence-corrected chi connectivity index (χ3v) is 2.10. The second-order valence-corrected chi connectivity index (χ2v) is 3.13. The number of benzene rings is 1. The number of carbonyl (C=O) groups is 1. The Kier molecular flexibility index (Phi) is 4.54. The zero-order valence-electron chi connectivity index (χ0n) is 9.64. The van der Waals surface area contributed by atoms with Gasteiger partial charge < -0.3 is 4.74 Å². The zero-order valence-corrected chi connectivity index (χ0v) is 9.64. The molecule has 1 rings (SSSR count). The van der Waals surface area contributed by atoms with Crippen LogP contribution in [0.5, 0.6) is 5.75 Å². The number of likely N-dealkylation sites (N-methyl/N-ethyl adjacent to an activating group) is 1. The summed E-state index contributed by atoms with van der Waals surface area (Å²) in [7, 11) is 4.60. The molecule has 0 bridgehead atoms. The highest BCUT2D eigenvalue weighted by Gasteiger charge is 2.01. The third kappa shape index (κ3) is 3.40. The van der Waals surface area contributed by atoms with Gasteiger partial charge in [0, 0.05) is 13.1 Å². The van der Waals surface area contributed by atoms with Crippen molar-refractivity contribution in [2.75, 3.05) is 21.3 Å². The summed E-state index contributed by atoms with van der Waals surface area (Å²) in [5, 5.41) is 1.15. The first-order valence-electron chi connectivity index (χ1n) is 4.81. The Balaban J connectivity index is 2.72. The minimum atomic E-state index is -0.217. The van der Waals surface area contributed by atoms with Crippen LogP contribution in [0.25, 0.3) is 6.08 Å². The first-order valence-corrected chi connectivity index (χ1v) is 4.81. The Labute approximate surface area is 95.0 Å². The number of methoxy groups -OCH3 is 1. The summed E-state index contributed by atoms with van der Waals surface area (Å²) >= 11 is 0. The fourth-order valence-corrected chi connectivity index (χ4v) is 1.11. The van der Waals surface area contributed by atoms with E-state index < -0.39 is 0 Å². The Bertz CT molecular complexity index is 388. The molecule has 0 aliphatic heterocycles. The standard InChI is InChI=1S/C12H15NO3/c1-13(16-3)12(14)8-7-10-5-4-6-11(9-10)15-2/h4-9H,1-3H3/b8-7+. The van der Waals surface area contributed by atoms with Gasteiger partial charge >= 0.3 is 0 Å². The Morgan fingerprint density at radius 2 is 2.12 bits per heavy atom. The smallest absolute Gasteiger partial charge is 0.269 e. The predicted molar refractivity (Wildman–Crippen MR) is 61.8 cm³/mol. The monoisotopic (exact) mass is 221 g/mol. The molecule has 0 unspecified atom stereocenters. The number of hydroxylamine groups is 2. The predicted octanol–water partition coefficient (Wildman–Crippen LogP) is 1.73. The minimum absolute atomic E-state index is 0.217. The van der Waals surface area contributed by atoms with E-state index in [1.807, 2.05) is 24.3 Å². The molecule has 0 aliphatic rings. The molecule has 0 heterocycles.